The van der Waals surface area contributed by atoms with Crippen molar-refractivity contribution < 1.29 is 33.3 Å². The number of pyridine rings is 2. The zero-order valence-electron chi connectivity index (χ0n) is 13.1. The van der Waals surface area contributed by atoms with Crippen LogP contribution in [0.25, 0.3) is 27.1 Å². The highest BCUT2D eigenvalue weighted by molar-refractivity contribution is 6.37. The van der Waals surface area contributed by atoms with Crippen LogP contribution in [0.3, 0.4) is 0 Å². The molecule has 0 amide bonds. The van der Waals surface area contributed by atoms with Crippen molar-refractivity contribution in [1.82, 2.24) is 0 Å². The van der Waals surface area contributed by atoms with Crippen LogP contribution in [0.15, 0.2) is 60.9 Å². The lowest BCUT2D eigenvalue weighted by atomic mass is 10.00. The van der Waals surface area contributed by atoms with Gasteiger partial charge >= 0.3 is 0 Å². The van der Waals surface area contributed by atoms with Gasteiger partial charge in [-0.1, -0.05) is 35.9 Å². The number of hydrogen-bond acceptors (Lipinski definition) is 4. The van der Waals surface area contributed by atoms with Crippen LogP contribution in [-0.2, 0) is 0 Å². The molecule has 2 heterocycles. The second kappa shape index (κ2) is 6.72. The SMILES string of the molecule is Cc1c2cc(Cl)c3ccccc3c2c[n+]2ccccc12.[O-][Cl+3]([O-])([O-])[O-]. The molecule has 0 aliphatic carbocycles. The van der Waals surface area contributed by atoms with Crippen LogP contribution >= 0.6 is 11.6 Å². The fourth-order valence-electron chi connectivity index (χ4n) is 2.97. The molecular weight excluding hydrogens is 365 g/mol. The first-order valence-electron chi connectivity index (χ1n) is 7.28. The van der Waals surface area contributed by atoms with E-state index in [2.05, 4.69) is 66.2 Å². The molecule has 5 nitrogen and oxygen atoms in total. The van der Waals surface area contributed by atoms with Crippen LogP contribution in [0.2, 0.25) is 5.02 Å². The highest BCUT2D eigenvalue weighted by Crippen LogP contribution is 2.33. The predicted molar refractivity (Wildman–Crippen MR) is 84.4 cm³/mol. The van der Waals surface area contributed by atoms with Gasteiger partial charge in [-0.15, -0.1) is 10.2 Å². The topological polar surface area (TPSA) is 96.3 Å². The Morgan fingerprint density at radius 3 is 2.12 bits per heavy atom. The van der Waals surface area contributed by atoms with Crippen molar-refractivity contribution in [3.63, 3.8) is 0 Å². The zero-order chi connectivity index (χ0) is 18.2. The van der Waals surface area contributed by atoms with Crippen molar-refractivity contribution in [3.8, 4) is 0 Å². The molecule has 2 aromatic carbocycles. The molecule has 4 rings (SSSR count). The predicted octanol–water partition coefficient (Wildman–Crippen LogP) is -0.0625. The van der Waals surface area contributed by atoms with E-state index in [0.29, 0.717) is 0 Å². The fourth-order valence-corrected chi connectivity index (χ4v) is 3.24. The van der Waals surface area contributed by atoms with Gasteiger partial charge in [0.15, 0.2) is 12.4 Å². The first-order chi connectivity index (χ1) is 11.8. The van der Waals surface area contributed by atoms with Gasteiger partial charge in [-0.3, -0.25) is 0 Å². The van der Waals surface area contributed by atoms with Crippen LogP contribution in [0.1, 0.15) is 5.56 Å². The molecule has 2 aromatic heterocycles. The standard InChI is InChI=1S/C18H13ClN.ClHO4/c1-12-15-10-17(19)14-7-3-2-6-13(14)16(15)11-20-9-5-4-8-18(12)20;2-1(3,4)5/h2-11H,1H3;(H,2,3,4,5)/q+1;/p-1. The van der Waals surface area contributed by atoms with Crippen molar-refractivity contribution in [3.05, 3.63) is 71.5 Å². The summed E-state index contributed by atoms with van der Waals surface area (Å²) in [6, 6.07) is 16.6. The Morgan fingerprint density at radius 2 is 1.44 bits per heavy atom. The lowest BCUT2D eigenvalue weighted by molar-refractivity contribution is -2.00. The molecule has 0 aliphatic heterocycles. The van der Waals surface area contributed by atoms with Crippen molar-refractivity contribution in [2.75, 3.05) is 0 Å². The molecular formula is C18H13Cl2NO4. The Kier molecular flexibility index (Phi) is 4.79. The number of aromatic nitrogens is 1. The third-order valence-electron chi connectivity index (χ3n) is 3.98. The van der Waals surface area contributed by atoms with E-state index in [1.54, 1.807) is 0 Å². The fraction of sp³-hybridized carbons (Fsp3) is 0.0556. The van der Waals surface area contributed by atoms with E-state index in [1.165, 1.54) is 27.2 Å². The lowest BCUT2D eigenvalue weighted by Gasteiger charge is -2.17. The molecule has 0 spiro atoms. The minimum Gasteiger partial charge on any atom is -0.222 e. The molecule has 4 aromatic rings. The maximum absolute atomic E-state index is 8.49. The van der Waals surface area contributed by atoms with Crippen LogP contribution in [0.4, 0.5) is 0 Å². The lowest BCUT2D eigenvalue weighted by Crippen LogP contribution is -2.68. The second-order valence-electron chi connectivity index (χ2n) is 5.49. The van der Waals surface area contributed by atoms with E-state index in [-0.39, 0.29) is 0 Å². The molecule has 7 heteroatoms. The Balaban J connectivity index is 0.000000324. The molecule has 128 valence electrons. The van der Waals surface area contributed by atoms with Gasteiger partial charge in [-0.05, 0) is 29.8 Å². The number of rotatable bonds is 0. The Morgan fingerprint density at radius 1 is 0.840 bits per heavy atom. The number of aryl methyl sites for hydroxylation is 1. The molecule has 25 heavy (non-hydrogen) atoms. The van der Waals surface area contributed by atoms with Crippen molar-refractivity contribution >= 4 is 38.7 Å². The molecule has 0 fully saturated rings. The van der Waals surface area contributed by atoms with Gasteiger partial charge in [0.25, 0.3) is 0 Å². The molecule has 0 atom stereocenters. The average molecular weight is 378 g/mol. The maximum atomic E-state index is 8.49. The maximum Gasteiger partial charge on any atom is 0.214 e. The monoisotopic (exact) mass is 377 g/mol. The Hall–Kier alpha value is -1.99. The molecule has 0 bridgehead atoms. The summed E-state index contributed by atoms with van der Waals surface area (Å²) in [6.07, 6.45) is 4.28. The van der Waals surface area contributed by atoms with Crippen LogP contribution in [-0.4, -0.2) is 0 Å². The van der Waals surface area contributed by atoms with E-state index in [1.807, 2.05) is 6.07 Å². The highest BCUT2D eigenvalue weighted by atomic mass is 35.7. The minimum absolute atomic E-state index is 0.816. The van der Waals surface area contributed by atoms with E-state index in [9.17, 15) is 0 Å². The van der Waals surface area contributed by atoms with Crippen LogP contribution < -0.4 is 23.0 Å². The number of benzene rings is 2. The Labute approximate surface area is 150 Å². The first kappa shape index (κ1) is 17.8. The summed E-state index contributed by atoms with van der Waals surface area (Å²) < 4.78 is 36.2. The number of halogens is 2. The number of nitrogens with zero attached hydrogens (tertiary/aromatic N) is 1. The summed E-state index contributed by atoms with van der Waals surface area (Å²) in [6.45, 7) is 2.16. The van der Waals surface area contributed by atoms with Gasteiger partial charge in [0.1, 0.15) is 0 Å². The minimum atomic E-state index is -4.94. The van der Waals surface area contributed by atoms with Gasteiger partial charge < -0.3 is 0 Å². The van der Waals surface area contributed by atoms with Gasteiger partial charge in [0.05, 0.1) is 5.39 Å². The van der Waals surface area contributed by atoms with Gasteiger partial charge in [-0.25, -0.2) is 18.6 Å². The highest BCUT2D eigenvalue weighted by Gasteiger charge is 2.14. The van der Waals surface area contributed by atoms with Gasteiger partial charge in [0.2, 0.25) is 5.52 Å². The second-order valence-corrected chi connectivity index (χ2v) is 6.65. The summed E-state index contributed by atoms with van der Waals surface area (Å²) in [5.74, 6) is 0. The summed E-state index contributed by atoms with van der Waals surface area (Å²) in [4.78, 5) is 0. The van der Waals surface area contributed by atoms with Gasteiger partial charge in [-0.2, -0.15) is 4.40 Å². The zero-order valence-corrected chi connectivity index (χ0v) is 14.6. The van der Waals surface area contributed by atoms with Crippen molar-refractivity contribution in [2.24, 2.45) is 0 Å². The molecule has 0 unspecified atom stereocenters. The first-order valence-corrected chi connectivity index (χ1v) is 8.89. The van der Waals surface area contributed by atoms with Crippen molar-refractivity contribution in [1.29, 1.82) is 0 Å². The third-order valence-corrected chi connectivity index (χ3v) is 4.29. The molecule has 0 aliphatic rings. The van der Waals surface area contributed by atoms with Crippen LogP contribution in [0, 0.1) is 17.2 Å². The van der Waals surface area contributed by atoms with E-state index in [0.717, 1.165) is 10.4 Å². The number of fused-ring (bicyclic) bond motifs is 4. The Bertz CT molecular complexity index is 1070. The van der Waals surface area contributed by atoms with E-state index in [4.69, 9.17) is 30.2 Å². The summed E-state index contributed by atoms with van der Waals surface area (Å²) >= 11 is 6.45. The van der Waals surface area contributed by atoms with Crippen molar-refractivity contribution in [2.45, 2.75) is 6.92 Å². The molecule has 0 N–H and O–H groups in total. The summed E-state index contributed by atoms with van der Waals surface area (Å²) in [7, 11) is -4.94. The smallest absolute Gasteiger partial charge is 0.214 e. The summed E-state index contributed by atoms with van der Waals surface area (Å²) in [5, 5.41) is 5.59. The molecule has 0 saturated heterocycles. The third kappa shape index (κ3) is 3.82. The molecule has 0 radical (unpaired) electrons. The quantitative estimate of drug-likeness (QED) is 0.243. The van der Waals surface area contributed by atoms with Gasteiger partial charge in [0, 0.05) is 28.1 Å². The largest absolute Gasteiger partial charge is 0.222 e. The van der Waals surface area contributed by atoms with Crippen LogP contribution in [0.5, 0.6) is 0 Å². The van der Waals surface area contributed by atoms with E-state index >= 15 is 0 Å². The number of hydrogen-bond donors (Lipinski definition) is 0. The molecule has 0 saturated carbocycles. The normalized spacial score (nSPS) is 11.6. The van der Waals surface area contributed by atoms with E-state index < -0.39 is 10.2 Å². The summed E-state index contributed by atoms with van der Waals surface area (Å²) in [5.41, 5.74) is 2.47. The average Bonchev–Trinajstić information content (AvgIpc) is 2.55.